The normalized spacial score (nSPS) is 19.0. The van der Waals surface area contributed by atoms with Gasteiger partial charge in [-0.25, -0.2) is 0 Å². The number of hydrogen-bond acceptors (Lipinski definition) is 4. The van der Waals surface area contributed by atoms with Crippen LogP contribution < -0.4 is 4.90 Å². The molecule has 2 aromatic carbocycles. The van der Waals surface area contributed by atoms with E-state index in [0.29, 0.717) is 16.8 Å². The number of fused-ring (bicyclic) bond motifs is 2. The van der Waals surface area contributed by atoms with Gasteiger partial charge in [-0.05, 0) is 19.1 Å². The van der Waals surface area contributed by atoms with Crippen LogP contribution in [0.4, 0.5) is 5.69 Å². The van der Waals surface area contributed by atoms with Crippen molar-refractivity contribution in [3.63, 3.8) is 0 Å². The second-order valence-electron chi connectivity index (χ2n) is 6.17. The van der Waals surface area contributed by atoms with Crippen LogP contribution in [0.5, 0.6) is 0 Å². The Balaban J connectivity index is 1.86. The second-order valence-corrected chi connectivity index (χ2v) is 6.17. The van der Waals surface area contributed by atoms with Gasteiger partial charge in [0.25, 0.3) is 5.91 Å². The van der Waals surface area contributed by atoms with Crippen molar-refractivity contribution in [2.75, 3.05) is 18.1 Å². The number of carbonyl (C=O) groups excluding carboxylic acids is 2. The standard InChI is InChI=1S/C20H18N2O4/c1-2-26-18(23)12-22-17-10-6-4-8-14(17)20(25,19(22)24)15-11-21-16-9-5-3-7-13(15)16/h3-11,21,25H,2,12H2,1H3. The van der Waals surface area contributed by atoms with Crippen molar-refractivity contribution >= 4 is 28.5 Å². The SMILES string of the molecule is CCOC(=O)CN1C(=O)C(O)(c2c[nH]c3ccccc23)c2ccccc21. The van der Waals surface area contributed by atoms with Gasteiger partial charge in [-0.2, -0.15) is 0 Å². The molecule has 2 heterocycles. The third-order valence-corrected chi connectivity index (χ3v) is 4.71. The number of amides is 1. The topological polar surface area (TPSA) is 82.6 Å². The summed E-state index contributed by atoms with van der Waals surface area (Å²) >= 11 is 0. The third-order valence-electron chi connectivity index (χ3n) is 4.71. The smallest absolute Gasteiger partial charge is 0.326 e. The Bertz CT molecular complexity index is 1010. The number of aromatic nitrogens is 1. The van der Waals surface area contributed by atoms with E-state index in [1.165, 1.54) is 4.90 Å². The molecule has 0 saturated carbocycles. The third kappa shape index (κ3) is 2.23. The van der Waals surface area contributed by atoms with Gasteiger partial charge < -0.3 is 14.8 Å². The van der Waals surface area contributed by atoms with E-state index >= 15 is 0 Å². The number of ether oxygens (including phenoxy) is 1. The largest absolute Gasteiger partial charge is 0.465 e. The first-order chi connectivity index (χ1) is 12.6. The zero-order chi connectivity index (χ0) is 18.3. The first-order valence-electron chi connectivity index (χ1n) is 8.43. The maximum absolute atomic E-state index is 13.2. The van der Waals surface area contributed by atoms with Crippen molar-refractivity contribution in [3.8, 4) is 0 Å². The summed E-state index contributed by atoms with van der Waals surface area (Å²) in [5.74, 6) is -1.07. The van der Waals surface area contributed by atoms with Crippen LogP contribution in [-0.4, -0.2) is 35.1 Å². The lowest BCUT2D eigenvalue weighted by Gasteiger charge is -2.22. The molecule has 1 aliphatic heterocycles. The monoisotopic (exact) mass is 350 g/mol. The molecule has 0 bridgehead atoms. The van der Waals surface area contributed by atoms with Crippen molar-refractivity contribution < 1.29 is 19.4 Å². The fourth-order valence-electron chi connectivity index (χ4n) is 3.56. The van der Waals surface area contributed by atoms with Crippen LogP contribution >= 0.6 is 0 Å². The Morgan fingerprint density at radius 2 is 1.88 bits per heavy atom. The van der Waals surface area contributed by atoms with Crippen LogP contribution in [-0.2, 0) is 19.9 Å². The number of hydrogen-bond donors (Lipinski definition) is 2. The lowest BCUT2D eigenvalue weighted by Crippen LogP contribution is -2.43. The zero-order valence-electron chi connectivity index (χ0n) is 14.2. The number of nitrogens with zero attached hydrogens (tertiary/aromatic N) is 1. The number of nitrogens with one attached hydrogen (secondary N) is 1. The number of benzene rings is 2. The molecule has 132 valence electrons. The van der Waals surface area contributed by atoms with Gasteiger partial charge in [0.1, 0.15) is 6.54 Å². The van der Waals surface area contributed by atoms with Gasteiger partial charge in [0.2, 0.25) is 0 Å². The molecule has 0 spiro atoms. The van der Waals surface area contributed by atoms with E-state index in [-0.39, 0.29) is 13.2 Å². The van der Waals surface area contributed by atoms with Gasteiger partial charge in [-0.15, -0.1) is 0 Å². The second kappa shape index (κ2) is 6.00. The van der Waals surface area contributed by atoms with E-state index in [9.17, 15) is 14.7 Å². The molecule has 1 unspecified atom stereocenters. The predicted octanol–water partition coefficient (Wildman–Crippen LogP) is 2.31. The number of aromatic amines is 1. The van der Waals surface area contributed by atoms with E-state index in [2.05, 4.69) is 4.98 Å². The van der Waals surface area contributed by atoms with E-state index in [0.717, 1.165) is 10.9 Å². The molecule has 0 aliphatic carbocycles. The average molecular weight is 350 g/mol. The van der Waals surface area contributed by atoms with E-state index in [1.54, 1.807) is 37.4 Å². The molecular formula is C20H18N2O4. The quantitative estimate of drug-likeness (QED) is 0.708. The molecule has 4 rings (SSSR count). The molecule has 6 heteroatoms. The van der Waals surface area contributed by atoms with E-state index < -0.39 is 17.5 Å². The minimum Gasteiger partial charge on any atom is -0.465 e. The highest BCUT2D eigenvalue weighted by molar-refractivity contribution is 6.12. The lowest BCUT2D eigenvalue weighted by molar-refractivity contribution is -0.143. The number of para-hydroxylation sites is 2. The molecule has 2 N–H and O–H groups in total. The summed E-state index contributed by atoms with van der Waals surface area (Å²) in [6.45, 7) is 1.70. The molecule has 6 nitrogen and oxygen atoms in total. The Hall–Kier alpha value is -3.12. The molecule has 3 aromatic rings. The summed E-state index contributed by atoms with van der Waals surface area (Å²) in [5.41, 5.74) is 0.405. The Kier molecular flexibility index (Phi) is 3.77. The van der Waals surface area contributed by atoms with Crippen LogP contribution in [0.1, 0.15) is 18.1 Å². The zero-order valence-corrected chi connectivity index (χ0v) is 14.2. The summed E-state index contributed by atoms with van der Waals surface area (Å²) in [6, 6.07) is 14.4. The molecule has 0 radical (unpaired) electrons. The van der Waals surface area contributed by atoms with Crippen molar-refractivity contribution in [2.45, 2.75) is 12.5 Å². The summed E-state index contributed by atoms with van der Waals surface area (Å²) in [5, 5.41) is 12.3. The maximum atomic E-state index is 13.2. The van der Waals surface area contributed by atoms with Crippen LogP contribution in [0.25, 0.3) is 10.9 Å². The number of esters is 1. The maximum Gasteiger partial charge on any atom is 0.326 e. The van der Waals surface area contributed by atoms with Crippen LogP contribution in [0.15, 0.2) is 54.7 Å². The summed E-state index contributed by atoms with van der Waals surface area (Å²) in [4.78, 5) is 29.6. The first-order valence-corrected chi connectivity index (χ1v) is 8.43. The van der Waals surface area contributed by atoms with Gasteiger partial charge in [0.05, 0.1) is 12.3 Å². The Morgan fingerprint density at radius 3 is 2.69 bits per heavy atom. The van der Waals surface area contributed by atoms with Crippen molar-refractivity contribution in [1.29, 1.82) is 0 Å². The molecule has 1 aliphatic rings. The van der Waals surface area contributed by atoms with Gasteiger partial charge in [0, 0.05) is 28.2 Å². The number of aliphatic hydroxyl groups is 1. The average Bonchev–Trinajstić information content (AvgIpc) is 3.17. The molecule has 26 heavy (non-hydrogen) atoms. The number of rotatable bonds is 4. The number of carbonyl (C=O) groups is 2. The minimum atomic E-state index is -1.86. The van der Waals surface area contributed by atoms with E-state index in [4.69, 9.17) is 4.74 Å². The highest BCUT2D eigenvalue weighted by Gasteiger charge is 2.52. The van der Waals surface area contributed by atoms with Crippen molar-refractivity contribution in [1.82, 2.24) is 4.98 Å². The summed E-state index contributed by atoms with van der Waals surface area (Å²) < 4.78 is 4.98. The molecule has 0 fully saturated rings. The van der Waals surface area contributed by atoms with Crippen LogP contribution in [0, 0.1) is 0 Å². The van der Waals surface area contributed by atoms with Gasteiger partial charge in [0.15, 0.2) is 5.60 Å². The van der Waals surface area contributed by atoms with Gasteiger partial charge in [-0.1, -0.05) is 36.4 Å². The number of anilines is 1. The molecule has 1 amide bonds. The van der Waals surface area contributed by atoms with E-state index in [1.807, 2.05) is 24.3 Å². The predicted molar refractivity (Wildman–Crippen MR) is 96.7 cm³/mol. The first kappa shape index (κ1) is 16.4. The van der Waals surface area contributed by atoms with Crippen LogP contribution in [0.2, 0.25) is 0 Å². The number of H-pyrrole nitrogens is 1. The Morgan fingerprint density at radius 1 is 1.15 bits per heavy atom. The van der Waals surface area contributed by atoms with Crippen molar-refractivity contribution in [2.24, 2.45) is 0 Å². The van der Waals surface area contributed by atoms with Gasteiger partial charge in [-0.3, -0.25) is 14.5 Å². The molecule has 0 saturated heterocycles. The highest BCUT2D eigenvalue weighted by atomic mass is 16.5. The van der Waals surface area contributed by atoms with Gasteiger partial charge >= 0.3 is 5.97 Å². The fraction of sp³-hybridized carbons (Fsp3) is 0.200. The highest BCUT2D eigenvalue weighted by Crippen LogP contribution is 2.46. The molecule has 1 atom stereocenters. The molecular weight excluding hydrogens is 332 g/mol. The fourth-order valence-corrected chi connectivity index (χ4v) is 3.56. The van der Waals surface area contributed by atoms with Crippen molar-refractivity contribution in [3.05, 3.63) is 65.9 Å². The Labute approximate surface area is 150 Å². The minimum absolute atomic E-state index is 0.231. The van der Waals surface area contributed by atoms with Crippen LogP contribution in [0.3, 0.4) is 0 Å². The summed E-state index contributed by atoms with van der Waals surface area (Å²) in [6.07, 6.45) is 1.65. The molecule has 1 aromatic heterocycles. The lowest BCUT2D eigenvalue weighted by atomic mass is 9.87. The summed E-state index contributed by atoms with van der Waals surface area (Å²) in [7, 11) is 0.